The van der Waals surface area contributed by atoms with E-state index in [1.807, 2.05) is 13.0 Å². The van der Waals surface area contributed by atoms with Gasteiger partial charge in [0.2, 0.25) is 0 Å². The Hall–Kier alpha value is -1.12. The molecule has 1 unspecified atom stereocenters. The van der Waals surface area contributed by atoms with Crippen LogP contribution in [0.25, 0.3) is 0 Å². The maximum atomic E-state index is 10.1. The molecule has 0 aliphatic heterocycles. The number of allylic oxidation sites excluding steroid dienone is 6. The zero-order valence-corrected chi connectivity index (χ0v) is 14.9. The first kappa shape index (κ1) is 18.9. The van der Waals surface area contributed by atoms with Crippen molar-refractivity contribution in [2.45, 2.75) is 66.4 Å². The molecule has 1 aliphatic carbocycles. The van der Waals surface area contributed by atoms with Crippen molar-refractivity contribution in [1.82, 2.24) is 0 Å². The summed E-state index contributed by atoms with van der Waals surface area (Å²) in [5, 5.41) is 10.1. The summed E-state index contributed by atoms with van der Waals surface area (Å²) in [5.41, 5.74) is 10.9. The highest BCUT2D eigenvalue weighted by Crippen LogP contribution is 2.40. The van der Waals surface area contributed by atoms with Gasteiger partial charge in [0.25, 0.3) is 0 Å². The van der Waals surface area contributed by atoms with E-state index in [0.717, 1.165) is 11.1 Å². The molecule has 0 amide bonds. The Morgan fingerprint density at radius 1 is 1.41 bits per heavy atom. The Bertz CT molecular complexity index is 492. The van der Waals surface area contributed by atoms with Gasteiger partial charge in [0.05, 0.1) is 6.10 Å². The fraction of sp³-hybridized carbons (Fsp3) is 0.600. The monoisotopic (exact) mass is 303 g/mol. The molecule has 0 heterocycles. The molecule has 0 aromatic heterocycles. The summed E-state index contributed by atoms with van der Waals surface area (Å²) in [6.45, 7) is 11.5. The molecule has 124 valence electrons. The number of aliphatic hydroxyl groups is 1. The van der Waals surface area contributed by atoms with Crippen LogP contribution in [0.3, 0.4) is 0 Å². The van der Waals surface area contributed by atoms with E-state index in [2.05, 4.69) is 45.9 Å². The van der Waals surface area contributed by atoms with Crippen molar-refractivity contribution >= 4 is 0 Å². The molecule has 0 spiro atoms. The molecule has 0 aromatic carbocycles. The van der Waals surface area contributed by atoms with E-state index in [1.165, 1.54) is 30.4 Å². The van der Waals surface area contributed by atoms with Crippen LogP contribution in [0.5, 0.6) is 0 Å². The van der Waals surface area contributed by atoms with Crippen LogP contribution in [0.2, 0.25) is 0 Å². The zero-order valence-electron chi connectivity index (χ0n) is 14.9. The third-order valence-electron chi connectivity index (χ3n) is 4.61. The summed E-state index contributed by atoms with van der Waals surface area (Å²) in [7, 11) is 0. The average Bonchev–Trinajstić information content (AvgIpc) is 2.43. The smallest absolute Gasteiger partial charge is 0.0799 e. The summed E-state index contributed by atoms with van der Waals surface area (Å²) in [5.74, 6) is 0. The number of rotatable bonds is 6. The second-order valence-corrected chi connectivity index (χ2v) is 7.03. The predicted octanol–water partition coefficient (Wildman–Crippen LogP) is 4.67. The van der Waals surface area contributed by atoms with Crippen molar-refractivity contribution in [2.75, 3.05) is 6.54 Å². The first-order chi connectivity index (χ1) is 10.3. The Labute approximate surface area is 136 Å². The van der Waals surface area contributed by atoms with E-state index >= 15 is 0 Å². The van der Waals surface area contributed by atoms with Gasteiger partial charge in [-0.3, -0.25) is 0 Å². The minimum atomic E-state index is -0.467. The highest BCUT2D eigenvalue weighted by molar-refractivity contribution is 5.38. The number of aliphatic hydroxyl groups excluding tert-OH is 1. The lowest BCUT2D eigenvalue weighted by atomic mass is 9.72. The Morgan fingerprint density at radius 3 is 2.64 bits per heavy atom. The molecule has 0 aromatic rings. The van der Waals surface area contributed by atoms with Gasteiger partial charge in [-0.25, -0.2) is 0 Å². The van der Waals surface area contributed by atoms with Gasteiger partial charge in [-0.05, 0) is 69.6 Å². The van der Waals surface area contributed by atoms with Gasteiger partial charge in [0.15, 0.2) is 0 Å². The molecule has 0 saturated heterocycles. The van der Waals surface area contributed by atoms with Crippen LogP contribution in [0.4, 0.5) is 0 Å². The van der Waals surface area contributed by atoms with E-state index in [1.54, 1.807) is 0 Å². The first-order valence-electron chi connectivity index (χ1n) is 8.42. The third-order valence-corrected chi connectivity index (χ3v) is 4.61. The second kappa shape index (κ2) is 8.50. The van der Waals surface area contributed by atoms with Crippen LogP contribution < -0.4 is 5.73 Å². The quantitative estimate of drug-likeness (QED) is 0.700. The molecule has 2 heteroatoms. The number of nitrogens with two attached hydrogens (primary N) is 1. The Morgan fingerprint density at radius 2 is 2.09 bits per heavy atom. The average molecular weight is 303 g/mol. The molecule has 2 nitrogen and oxygen atoms in total. The molecule has 1 atom stereocenters. The fourth-order valence-electron chi connectivity index (χ4n) is 3.23. The molecule has 22 heavy (non-hydrogen) atoms. The maximum absolute atomic E-state index is 10.1. The van der Waals surface area contributed by atoms with Crippen LogP contribution in [0.15, 0.2) is 46.6 Å². The second-order valence-electron chi connectivity index (χ2n) is 7.03. The van der Waals surface area contributed by atoms with Gasteiger partial charge in [0, 0.05) is 0 Å². The standard InChI is InChI=1S/C20H33NO/c1-6-17(19(22)11-13-21)14-15(2)9-10-18-16(3)8-7-12-20(18,4)5/h6,9-10,14,19,22H,7-8,11-13,21H2,1-5H3. The van der Waals surface area contributed by atoms with Crippen LogP contribution in [0, 0.1) is 5.41 Å². The van der Waals surface area contributed by atoms with E-state index in [0.29, 0.717) is 13.0 Å². The summed E-state index contributed by atoms with van der Waals surface area (Å²) < 4.78 is 0. The highest BCUT2D eigenvalue weighted by atomic mass is 16.3. The van der Waals surface area contributed by atoms with Crippen molar-refractivity contribution in [1.29, 1.82) is 0 Å². The Kier molecular flexibility index (Phi) is 7.31. The van der Waals surface area contributed by atoms with Crippen LogP contribution in [-0.2, 0) is 0 Å². The van der Waals surface area contributed by atoms with Gasteiger partial charge in [-0.2, -0.15) is 0 Å². The topological polar surface area (TPSA) is 46.2 Å². The predicted molar refractivity (Wildman–Crippen MR) is 96.7 cm³/mol. The van der Waals surface area contributed by atoms with Crippen molar-refractivity contribution in [2.24, 2.45) is 11.1 Å². The molecule has 0 bridgehead atoms. The van der Waals surface area contributed by atoms with Gasteiger partial charge in [-0.1, -0.05) is 49.3 Å². The normalized spacial score (nSPS) is 21.6. The van der Waals surface area contributed by atoms with Gasteiger partial charge in [-0.15, -0.1) is 0 Å². The zero-order chi connectivity index (χ0) is 16.8. The largest absolute Gasteiger partial charge is 0.388 e. The van der Waals surface area contributed by atoms with Gasteiger partial charge < -0.3 is 10.8 Å². The summed E-state index contributed by atoms with van der Waals surface area (Å²) in [6.07, 6.45) is 12.3. The SMILES string of the molecule is CC=C(C=C(C)C=CC1=C(C)CCCC1(C)C)C(O)CCN. The maximum Gasteiger partial charge on any atom is 0.0799 e. The van der Waals surface area contributed by atoms with E-state index < -0.39 is 6.10 Å². The Balaban J connectivity index is 2.91. The van der Waals surface area contributed by atoms with E-state index in [4.69, 9.17) is 5.73 Å². The van der Waals surface area contributed by atoms with Gasteiger partial charge in [0.1, 0.15) is 0 Å². The lowest BCUT2D eigenvalue weighted by Gasteiger charge is -2.33. The summed E-state index contributed by atoms with van der Waals surface area (Å²) in [4.78, 5) is 0. The van der Waals surface area contributed by atoms with Crippen molar-refractivity contribution in [3.8, 4) is 0 Å². The van der Waals surface area contributed by atoms with Crippen molar-refractivity contribution < 1.29 is 5.11 Å². The molecular weight excluding hydrogens is 270 g/mol. The lowest BCUT2D eigenvalue weighted by molar-refractivity contribution is 0.206. The molecule has 0 radical (unpaired) electrons. The first-order valence-corrected chi connectivity index (χ1v) is 8.42. The molecule has 0 saturated carbocycles. The third kappa shape index (κ3) is 5.26. The fourth-order valence-corrected chi connectivity index (χ4v) is 3.23. The molecule has 1 aliphatic rings. The summed E-state index contributed by atoms with van der Waals surface area (Å²) >= 11 is 0. The minimum absolute atomic E-state index is 0.265. The molecular formula is C20H33NO. The van der Waals surface area contributed by atoms with E-state index in [-0.39, 0.29) is 5.41 Å². The van der Waals surface area contributed by atoms with Crippen molar-refractivity contribution in [3.63, 3.8) is 0 Å². The van der Waals surface area contributed by atoms with Crippen LogP contribution >= 0.6 is 0 Å². The van der Waals surface area contributed by atoms with Gasteiger partial charge >= 0.3 is 0 Å². The minimum Gasteiger partial charge on any atom is -0.388 e. The highest BCUT2D eigenvalue weighted by Gasteiger charge is 2.26. The molecule has 3 N–H and O–H groups in total. The number of hydrogen-bond acceptors (Lipinski definition) is 2. The van der Waals surface area contributed by atoms with Crippen LogP contribution in [0.1, 0.15) is 60.3 Å². The van der Waals surface area contributed by atoms with Crippen LogP contribution in [-0.4, -0.2) is 17.8 Å². The lowest BCUT2D eigenvalue weighted by Crippen LogP contribution is -2.19. The molecule has 0 fully saturated rings. The summed E-state index contributed by atoms with van der Waals surface area (Å²) in [6, 6.07) is 0. The number of hydrogen-bond donors (Lipinski definition) is 2. The van der Waals surface area contributed by atoms with E-state index in [9.17, 15) is 5.11 Å². The molecule has 1 rings (SSSR count). The van der Waals surface area contributed by atoms with Crippen molar-refractivity contribution in [3.05, 3.63) is 46.6 Å².